The van der Waals surface area contributed by atoms with E-state index < -0.39 is 0 Å². The van der Waals surface area contributed by atoms with E-state index in [1.165, 1.54) is 0 Å². The highest BCUT2D eigenvalue weighted by Gasteiger charge is 2.25. The van der Waals surface area contributed by atoms with E-state index in [-0.39, 0.29) is 17.5 Å². The van der Waals surface area contributed by atoms with Crippen LogP contribution in [0.1, 0.15) is 18.9 Å². The van der Waals surface area contributed by atoms with Crippen LogP contribution in [0.4, 0.5) is 0 Å². The Kier molecular flexibility index (Phi) is 3.22. The van der Waals surface area contributed by atoms with Crippen LogP contribution in [0.3, 0.4) is 0 Å². The van der Waals surface area contributed by atoms with E-state index in [0.29, 0.717) is 35.3 Å². The van der Waals surface area contributed by atoms with E-state index in [2.05, 4.69) is 4.98 Å². The lowest BCUT2D eigenvalue weighted by molar-refractivity contribution is -0.132. The fraction of sp³-hybridized carbons (Fsp3) is 0.357. The van der Waals surface area contributed by atoms with Crippen molar-refractivity contribution in [2.24, 2.45) is 0 Å². The number of piperidine rings is 1. The monoisotopic (exact) mass is 291 g/mol. The Morgan fingerprint density at radius 1 is 1.35 bits per heavy atom. The van der Waals surface area contributed by atoms with Crippen molar-refractivity contribution in [3.8, 4) is 0 Å². The molecule has 6 heteroatoms. The maximum absolute atomic E-state index is 12.6. The zero-order valence-corrected chi connectivity index (χ0v) is 11.8. The van der Waals surface area contributed by atoms with Crippen LogP contribution in [-0.4, -0.2) is 34.0 Å². The predicted molar refractivity (Wildman–Crippen MR) is 76.9 cm³/mol. The maximum Gasteiger partial charge on any atom is 0.263 e. The van der Waals surface area contributed by atoms with E-state index in [1.807, 2.05) is 0 Å². The number of fused-ring (bicyclic) bond motifs is 1. The first kappa shape index (κ1) is 13.1. The number of nitrogens with zero attached hydrogens (tertiary/aromatic N) is 3. The Morgan fingerprint density at radius 2 is 2.15 bits per heavy atom. The zero-order chi connectivity index (χ0) is 14.3. The van der Waals surface area contributed by atoms with Gasteiger partial charge in [0.1, 0.15) is 0 Å². The van der Waals surface area contributed by atoms with Gasteiger partial charge in [-0.15, -0.1) is 0 Å². The van der Waals surface area contributed by atoms with Crippen molar-refractivity contribution in [3.05, 3.63) is 39.9 Å². The molecule has 20 heavy (non-hydrogen) atoms. The molecule has 1 unspecified atom stereocenters. The van der Waals surface area contributed by atoms with Gasteiger partial charge in [0.2, 0.25) is 5.91 Å². The van der Waals surface area contributed by atoms with Gasteiger partial charge in [0.25, 0.3) is 5.56 Å². The molecule has 5 nitrogen and oxygen atoms in total. The number of amides is 1. The number of hydrogen-bond acceptors (Lipinski definition) is 3. The molecular weight excluding hydrogens is 278 g/mol. The van der Waals surface area contributed by atoms with Crippen molar-refractivity contribution < 1.29 is 4.79 Å². The van der Waals surface area contributed by atoms with Crippen LogP contribution in [-0.2, 0) is 4.79 Å². The van der Waals surface area contributed by atoms with E-state index >= 15 is 0 Å². The van der Waals surface area contributed by atoms with Gasteiger partial charge in [-0.2, -0.15) is 0 Å². The molecule has 0 aliphatic carbocycles. The molecule has 1 aliphatic rings. The Balaban J connectivity index is 2.09. The Morgan fingerprint density at radius 3 is 2.90 bits per heavy atom. The molecule has 1 aliphatic heterocycles. The van der Waals surface area contributed by atoms with Crippen LogP contribution in [0.25, 0.3) is 10.9 Å². The summed E-state index contributed by atoms with van der Waals surface area (Å²) in [5, 5.41) is 0.853. The second kappa shape index (κ2) is 4.90. The molecule has 2 heterocycles. The first-order valence-electron chi connectivity index (χ1n) is 6.47. The first-order chi connectivity index (χ1) is 9.58. The minimum absolute atomic E-state index is 0.0432. The SMILES string of the molecule is CN1CC(n2cnc3cccc(Cl)c3c2=O)CCC1=O. The summed E-state index contributed by atoms with van der Waals surface area (Å²) in [6.45, 7) is 0.524. The van der Waals surface area contributed by atoms with Crippen molar-refractivity contribution in [3.63, 3.8) is 0 Å². The number of carbonyl (C=O) groups is 1. The summed E-state index contributed by atoms with van der Waals surface area (Å²) < 4.78 is 1.59. The van der Waals surface area contributed by atoms with Gasteiger partial charge in [0.15, 0.2) is 0 Å². The first-order valence-corrected chi connectivity index (χ1v) is 6.85. The van der Waals surface area contributed by atoms with Crippen molar-refractivity contribution in [2.75, 3.05) is 13.6 Å². The number of halogens is 1. The van der Waals surface area contributed by atoms with Gasteiger partial charge in [-0.25, -0.2) is 4.98 Å². The normalized spacial score (nSPS) is 19.6. The van der Waals surface area contributed by atoms with E-state index in [9.17, 15) is 9.59 Å². The van der Waals surface area contributed by atoms with Gasteiger partial charge in [-0.1, -0.05) is 17.7 Å². The third-order valence-corrected chi connectivity index (χ3v) is 4.07. The average molecular weight is 292 g/mol. The van der Waals surface area contributed by atoms with Crippen LogP contribution in [0.2, 0.25) is 5.02 Å². The maximum atomic E-state index is 12.6. The molecule has 1 aromatic carbocycles. The molecule has 0 bridgehead atoms. The van der Waals surface area contributed by atoms with Gasteiger partial charge >= 0.3 is 0 Å². The summed E-state index contributed by atoms with van der Waals surface area (Å²) in [5.74, 6) is 0.112. The van der Waals surface area contributed by atoms with Crippen LogP contribution in [0.15, 0.2) is 29.3 Å². The molecule has 104 valence electrons. The van der Waals surface area contributed by atoms with Crippen LogP contribution >= 0.6 is 11.6 Å². The molecule has 0 spiro atoms. The largest absolute Gasteiger partial charge is 0.344 e. The third kappa shape index (κ3) is 2.08. The van der Waals surface area contributed by atoms with Crippen LogP contribution < -0.4 is 5.56 Å². The summed E-state index contributed by atoms with van der Waals surface area (Å²) in [6, 6.07) is 5.18. The standard InChI is InChI=1S/C14H14ClN3O2/c1-17-7-9(5-6-12(17)19)18-8-16-11-4-2-3-10(15)13(11)14(18)20/h2-4,8-9H,5-7H2,1H3. The summed E-state index contributed by atoms with van der Waals surface area (Å²) in [7, 11) is 1.75. The smallest absolute Gasteiger partial charge is 0.263 e. The molecule has 1 atom stereocenters. The van der Waals surface area contributed by atoms with Gasteiger partial charge in [0.05, 0.1) is 28.3 Å². The van der Waals surface area contributed by atoms with Gasteiger partial charge < -0.3 is 4.90 Å². The highest BCUT2D eigenvalue weighted by atomic mass is 35.5. The lowest BCUT2D eigenvalue weighted by Crippen LogP contribution is -2.40. The Bertz CT molecular complexity index is 741. The summed E-state index contributed by atoms with van der Waals surface area (Å²) in [4.78, 5) is 30.0. The lowest BCUT2D eigenvalue weighted by Gasteiger charge is -2.30. The minimum Gasteiger partial charge on any atom is -0.344 e. The van der Waals surface area contributed by atoms with Gasteiger partial charge in [0, 0.05) is 20.0 Å². The van der Waals surface area contributed by atoms with Crippen molar-refractivity contribution in [1.29, 1.82) is 0 Å². The fourth-order valence-electron chi connectivity index (χ4n) is 2.62. The fourth-order valence-corrected chi connectivity index (χ4v) is 2.87. The van der Waals surface area contributed by atoms with Crippen LogP contribution in [0.5, 0.6) is 0 Å². The zero-order valence-electron chi connectivity index (χ0n) is 11.0. The number of likely N-dealkylation sites (tertiary alicyclic amines) is 1. The number of rotatable bonds is 1. The summed E-state index contributed by atoms with van der Waals surface area (Å²) in [5.41, 5.74) is 0.451. The second-order valence-corrected chi connectivity index (χ2v) is 5.46. The van der Waals surface area contributed by atoms with E-state index in [4.69, 9.17) is 11.6 Å². The van der Waals surface area contributed by atoms with Gasteiger partial charge in [-0.3, -0.25) is 14.2 Å². The molecule has 0 saturated carbocycles. The highest BCUT2D eigenvalue weighted by Crippen LogP contribution is 2.22. The molecule has 0 radical (unpaired) electrons. The highest BCUT2D eigenvalue weighted by molar-refractivity contribution is 6.35. The van der Waals surface area contributed by atoms with Gasteiger partial charge in [-0.05, 0) is 18.6 Å². The molecule has 2 aromatic rings. The number of carbonyl (C=O) groups excluding carboxylic acids is 1. The molecule has 1 amide bonds. The molecule has 1 fully saturated rings. The molecular formula is C14H14ClN3O2. The van der Waals surface area contributed by atoms with Crippen molar-refractivity contribution in [2.45, 2.75) is 18.9 Å². The number of likely N-dealkylation sites (N-methyl/N-ethyl adjacent to an activating group) is 1. The van der Waals surface area contributed by atoms with Crippen molar-refractivity contribution >= 4 is 28.4 Å². The molecule has 1 saturated heterocycles. The number of hydrogen-bond donors (Lipinski definition) is 0. The average Bonchev–Trinajstić information content (AvgIpc) is 2.42. The number of aromatic nitrogens is 2. The lowest BCUT2D eigenvalue weighted by atomic mass is 10.1. The Hall–Kier alpha value is -1.88. The Labute approximate surface area is 120 Å². The minimum atomic E-state index is -0.145. The summed E-state index contributed by atoms with van der Waals surface area (Å²) in [6.07, 6.45) is 2.66. The number of benzene rings is 1. The third-order valence-electron chi connectivity index (χ3n) is 3.76. The van der Waals surface area contributed by atoms with Crippen molar-refractivity contribution in [1.82, 2.24) is 14.5 Å². The topological polar surface area (TPSA) is 55.2 Å². The predicted octanol–water partition coefficient (Wildman–Crippen LogP) is 1.84. The quantitative estimate of drug-likeness (QED) is 0.805. The second-order valence-electron chi connectivity index (χ2n) is 5.06. The van der Waals surface area contributed by atoms with E-state index in [1.54, 1.807) is 41.0 Å². The van der Waals surface area contributed by atoms with Crippen LogP contribution in [0, 0.1) is 0 Å². The van der Waals surface area contributed by atoms with E-state index in [0.717, 1.165) is 0 Å². The molecule has 3 rings (SSSR count). The molecule has 0 N–H and O–H groups in total. The summed E-state index contributed by atoms with van der Waals surface area (Å²) >= 11 is 6.11. The molecule has 1 aromatic heterocycles.